The maximum atomic E-state index is 9.34. The third kappa shape index (κ3) is 1.73. The van der Waals surface area contributed by atoms with Crippen molar-refractivity contribution < 1.29 is 10.2 Å². The molecule has 1 aromatic rings. The van der Waals surface area contributed by atoms with Gasteiger partial charge in [0.2, 0.25) is 0 Å². The summed E-state index contributed by atoms with van der Waals surface area (Å²) in [7, 11) is 0. The first-order chi connectivity index (χ1) is 5.15. The molecule has 0 aromatic heterocycles. The van der Waals surface area contributed by atoms with Crippen molar-refractivity contribution in [1.82, 2.24) is 0 Å². The third-order valence-electron chi connectivity index (χ3n) is 1.51. The maximum Gasteiger partial charge on any atom is 0.124 e. The molecule has 0 aliphatic rings. The highest BCUT2D eigenvalue weighted by Gasteiger charge is 2.03. The van der Waals surface area contributed by atoms with E-state index in [1.54, 1.807) is 19.1 Å². The number of halogens is 1. The molecule has 0 heterocycles. The molecule has 1 rings (SSSR count). The van der Waals surface area contributed by atoms with Gasteiger partial charge in [0.25, 0.3) is 0 Å². The van der Waals surface area contributed by atoms with Crippen molar-refractivity contribution in [3.63, 3.8) is 0 Å². The summed E-state index contributed by atoms with van der Waals surface area (Å²) in [4.78, 5) is 0. The fraction of sp³-hybridized carbons (Fsp3) is 0.250. The van der Waals surface area contributed by atoms with E-state index in [4.69, 9.17) is 5.11 Å². The van der Waals surface area contributed by atoms with Crippen LogP contribution in [0, 0.1) is 6.92 Å². The van der Waals surface area contributed by atoms with Gasteiger partial charge in [-0.15, -0.1) is 0 Å². The Morgan fingerprint density at radius 3 is 2.64 bits per heavy atom. The molecule has 0 aliphatic carbocycles. The molecule has 2 N–H and O–H groups in total. The van der Waals surface area contributed by atoms with Gasteiger partial charge < -0.3 is 10.2 Å². The van der Waals surface area contributed by atoms with Crippen LogP contribution in [0.15, 0.2) is 16.6 Å². The van der Waals surface area contributed by atoms with Crippen LogP contribution in [0.4, 0.5) is 0 Å². The van der Waals surface area contributed by atoms with Gasteiger partial charge in [0.05, 0.1) is 6.61 Å². The first kappa shape index (κ1) is 8.56. The Labute approximate surface area is 73.6 Å². The van der Waals surface area contributed by atoms with E-state index in [0.29, 0.717) is 5.56 Å². The summed E-state index contributed by atoms with van der Waals surface area (Å²) in [5.74, 6) is 0.177. The lowest BCUT2D eigenvalue weighted by Gasteiger charge is -2.04. The maximum absolute atomic E-state index is 9.34. The van der Waals surface area contributed by atoms with Gasteiger partial charge in [0.1, 0.15) is 5.75 Å². The summed E-state index contributed by atoms with van der Waals surface area (Å²) >= 11 is 3.27. The smallest absolute Gasteiger partial charge is 0.124 e. The summed E-state index contributed by atoms with van der Waals surface area (Å²) in [5.41, 5.74) is 1.32. The monoisotopic (exact) mass is 216 g/mol. The van der Waals surface area contributed by atoms with Gasteiger partial charge in [0, 0.05) is 10.0 Å². The van der Waals surface area contributed by atoms with Gasteiger partial charge in [-0.05, 0) is 24.6 Å². The van der Waals surface area contributed by atoms with Gasteiger partial charge in [-0.25, -0.2) is 0 Å². The molecule has 0 saturated carbocycles. The van der Waals surface area contributed by atoms with Crippen LogP contribution in [0.1, 0.15) is 11.1 Å². The highest BCUT2D eigenvalue weighted by atomic mass is 79.9. The molecule has 0 amide bonds. The van der Waals surface area contributed by atoms with E-state index in [2.05, 4.69) is 15.9 Å². The molecule has 1 aromatic carbocycles. The largest absolute Gasteiger partial charge is 0.507 e. The van der Waals surface area contributed by atoms with Crippen LogP contribution >= 0.6 is 15.9 Å². The topological polar surface area (TPSA) is 40.5 Å². The van der Waals surface area contributed by atoms with E-state index >= 15 is 0 Å². The Morgan fingerprint density at radius 2 is 2.09 bits per heavy atom. The Kier molecular flexibility index (Phi) is 2.52. The Balaban J connectivity index is 3.24. The standard InChI is InChI=1S/C8H9BrO2/c1-5-2-7(9)3-6(4-10)8(5)11/h2-3,10-11H,4H2,1H3. The second kappa shape index (κ2) is 3.24. The van der Waals surface area contributed by atoms with Crippen LogP contribution in [-0.2, 0) is 6.61 Å². The summed E-state index contributed by atoms with van der Waals surface area (Å²) in [5, 5.41) is 18.1. The van der Waals surface area contributed by atoms with Gasteiger partial charge in [-0.3, -0.25) is 0 Å². The van der Waals surface area contributed by atoms with Crippen LogP contribution < -0.4 is 0 Å². The molecular formula is C8H9BrO2. The number of phenols is 1. The van der Waals surface area contributed by atoms with Crippen LogP contribution in [0.5, 0.6) is 5.75 Å². The lowest BCUT2D eigenvalue weighted by molar-refractivity contribution is 0.275. The van der Waals surface area contributed by atoms with E-state index in [1.165, 1.54) is 0 Å². The molecular weight excluding hydrogens is 208 g/mol. The zero-order chi connectivity index (χ0) is 8.43. The van der Waals surface area contributed by atoms with E-state index in [-0.39, 0.29) is 12.4 Å². The molecule has 0 saturated heterocycles. The summed E-state index contributed by atoms with van der Waals surface area (Å²) in [6, 6.07) is 3.50. The number of aryl methyl sites for hydroxylation is 1. The predicted octanol–water partition coefficient (Wildman–Crippen LogP) is 1.96. The van der Waals surface area contributed by atoms with Crippen LogP contribution in [-0.4, -0.2) is 10.2 Å². The van der Waals surface area contributed by atoms with Crippen molar-refractivity contribution in [2.75, 3.05) is 0 Å². The first-order valence-corrected chi connectivity index (χ1v) is 4.03. The zero-order valence-electron chi connectivity index (χ0n) is 6.13. The van der Waals surface area contributed by atoms with Gasteiger partial charge in [-0.1, -0.05) is 15.9 Å². The van der Waals surface area contributed by atoms with Crippen LogP contribution in [0.2, 0.25) is 0 Å². The molecule has 2 nitrogen and oxygen atoms in total. The van der Waals surface area contributed by atoms with Crippen molar-refractivity contribution in [1.29, 1.82) is 0 Å². The van der Waals surface area contributed by atoms with Gasteiger partial charge in [-0.2, -0.15) is 0 Å². The van der Waals surface area contributed by atoms with E-state index in [0.717, 1.165) is 10.0 Å². The quantitative estimate of drug-likeness (QED) is 0.754. The Hall–Kier alpha value is -0.540. The number of hydrogen-bond donors (Lipinski definition) is 2. The summed E-state index contributed by atoms with van der Waals surface area (Å²) in [6.45, 7) is 1.66. The van der Waals surface area contributed by atoms with E-state index in [9.17, 15) is 5.11 Å². The average molecular weight is 217 g/mol. The second-order valence-electron chi connectivity index (χ2n) is 2.39. The average Bonchev–Trinajstić information content (AvgIpc) is 1.96. The molecule has 0 bridgehead atoms. The molecule has 0 fully saturated rings. The number of hydrogen-bond acceptors (Lipinski definition) is 2. The van der Waals surface area contributed by atoms with Gasteiger partial charge >= 0.3 is 0 Å². The van der Waals surface area contributed by atoms with Crippen molar-refractivity contribution in [2.45, 2.75) is 13.5 Å². The summed E-state index contributed by atoms with van der Waals surface area (Å²) in [6.07, 6.45) is 0. The molecule has 0 unspecified atom stereocenters. The zero-order valence-corrected chi connectivity index (χ0v) is 7.72. The number of aromatic hydroxyl groups is 1. The minimum Gasteiger partial charge on any atom is -0.507 e. The number of rotatable bonds is 1. The Morgan fingerprint density at radius 1 is 1.45 bits per heavy atom. The predicted molar refractivity (Wildman–Crippen MR) is 46.5 cm³/mol. The molecule has 11 heavy (non-hydrogen) atoms. The van der Waals surface area contributed by atoms with E-state index < -0.39 is 0 Å². The lowest BCUT2D eigenvalue weighted by Crippen LogP contribution is -1.86. The van der Waals surface area contributed by atoms with Crippen LogP contribution in [0.3, 0.4) is 0 Å². The van der Waals surface area contributed by atoms with Crippen molar-refractivity contribution in [3.05, 3.63) is 27.7 Å². The molecule has 0 radical (unpaired) electrons. The van der Waals surface area contributed by atoms with E-state index in [1.807, 2.05) is 0 Å². The highest BCUT2D eigenvalue weighted by molar-refractivity contribution is 9.10. The molecule has 0 spiro atoms. The number of aliphatic hydroxyl groups excluding tert-OH is 1. The SMILES string of the molecule is Cc1cc(Br)cc(CO)c1O. The minimum atomic E-state index is -0.133. The fourth-order valence-corrected chi connectivity index (χ4v) is 1.55. The van der Waals surface area contributed by atoms with Crippen molar-refractivity contribution >= 4 is 15.9 Å². The highest BCUT2D eigenvalue weighted by Crippen LogP contribution is 2.26. The van der Waals surface area contributed by atoms with Crippen LogP contribution in [0.25, 0.3) is 0 Å². The van der Waals surface area contributed by atoms with Crippen molar-refractivity contribution in [3.8, 4) is 5.75 Å². The number of aliphatic hydroxyl groups is 1. The minimum absolute atomic E-state index is 0.133. The third-order valence-corrected chi connectivity index (χ3v) is 1.97. The molecule has 0 aliphatic heterocycles. The molecule has 0 atom stereocenters. The number of benzene rings is 1. The first-order valence-electron chi connectivity index (χ1n) is 3.24. The molecule has 60 valence electrons. The molecule has 3 heteroatoms. The normalized spacial score (nSPS) is 10.1. The summed E-state index contributed by atoms with van der Waals surface area (Å²) < 4.78 is 0.872. The Bertz CT molecular complexity index is 271. The van der Waals surface area contributed by atoms with Crippen molar-refractivity contribution in [2.24, 2.45) is 0 Å². The fourth-order valence-electron chi connectivity index (χ4n) is 0.925. The second-order valence-corrected chi connectivity index (χ2v) is 3.30. The lowest BCUT2D eigenvalue weighted by atomic mass is 10.1. The van der Waals surface area contributed by atoms with Gasteiger partial charge in [0.15, 0.2) is 0 Å².